The lowest BCUT2D eigenvalue weighted by atomic mass is 9.81. The van der Waals surface area contributed by atoms with Crippen LogP contribution in [0.3, 0.4) is 0 Å². The zero-order chi connectivity index (χ0) is 25.8. The molecule has 1 aliphatic rings. The van der Waals surface area contributed by atoms with Crippen LogP contribution in [0.15, 0.2) is 62.4 Å². The lowest BCUT2D eigenvalue weighted by Crippen LogP contribution is -2.25. The van der Waals surface area contributed by atoms with Crippen LogP contribution in [0.5, 0.6) is 0 Å². The molecular weight excluding hydrogens is 440 g/mol. The molecule has 1 atom stereocenters. The van der Waals surface area contributed by atoms with Gasteiger partial charge in [0.15, 0.2) is 0 Å². The van der Waals surface area contributed by atoms with Crippen LogP contribution in [-0.4, -0.2) is 23.4 Å². The molecule has 0 radical (unpaired) electrons. The smallest absolute Gasteiger partial charge is 0.346 e. The molecule has 4 nitrogen and oxygen atoms in total. The van der Waals surface area contributed by atoms with Gasteiger partial charge in [-0.05, 0) is 62.3 Å². The van der Waals surface area contributed by atoms with E-state index in [1.807, 2.05) is 25.1 Å². The Morgan fingerprint density at radius 3 is 2.24 bits per heavy atom. The minimum atomic E-state index is -0.322. The molecule has 0 aliphatic carbocycles. The summed E-state index contributed by atoms with van der Waals surface area (Å²) in [6, 6.07) is 8.03. The first-order valence-corrected chi connectivity index (χ1v) is 13.0. The molecule has 0 saturated carbocycles. The Labute approximate surface area is 210 Å². The van der Waals surface area contributed by atoms with Gasteiger partial charge in [-0.25, -0.2) is 9.79 Å². The van der Waals surface area contributed by atoms with Crippen LogP contribution in [0.4, 0.5) is 5.69 Å². The summed E-state index contributed by atoms with van der Waals surface area (Å²) >= 11 is 1.69. The van der Waals surface area contributed by atoms with Crippen molar-refractivity contribution in [3.63, 3.8) is 0 Å². The normalized spacial score (nSPS) is 17.7. The lowest BCUT2D eigenvalue weighted by Gasteiger charge is -2.30. The number of benzene rings is 1. The topological polar surface area (TPSA) is 45.8 Å². The molecule has 0 N–H and O–H groups in total. The zero-order valence-corrected chi connectivity index (χ0v) is 23.5. The Morgan fingerprint density at radius 2 is 1.74 bits per heavy atom. The predicted octanol–water partition coefficient (Wildman–Crippen LogP) is 8.06. The van der Waals surface area contributed by atoms with E-state index >= 15 is 0 Å². The Morgan fingerprint density at radius 1 is 1.15 bits per heavy atom. The van der Waals surface area contributed by atoms with Crippen LogP contribution >= 0.6 is 11.8 Å². The summed E-state index contributed by atoms with van der Waals surface area (Å²) in [5, 5.41) is 1.88. The van der Waals surface area contributed by atoms with E-state index in [4.69, 9.17) is 9.41 Å². The second-order valence-electron chi connectivity index (χ2n) is 10.8. The average Bonchev–Trinajstić information content (AvgIpc) is 3.19. The fraction of sp³-hybridized carbons (Fsp3) is 0.517. The Balaban J connectivity index is 0.00000129. The molecule has 5 heteroatoms. The summed E-state index contributed by atoms with van der Waals surface area (Å²) in [6.07, 6.45) is 1.75. The van der Waals surface area contributed by atoms with E-state index in [1.54, 1.807) is 17.8 Å². The van der Waals surface area contributed by atoms with E-state index in [0.29, 0.717) is 11.1 Å². The van der Waals surface area contributed by atoms with Gasteiger partial charge in [-0.15, -0.1) is 6.58 Å². The highest BCUT2D eigenvalue weighted by atomic mass is 32.2. The number of hydrogen-bond donors (Lipinski definition) is 0. The van der Waals surface area contributed by atoms with E-state index in [0.717, 1.165) is 34.9 Å². The van der Waals surface area contributed by atoms with Gasteiger partial charge in [-0.3, -0.25) is 0 Å². The minimum Gasteiger partial charge on any atom is -0.422 e. The molecular formula is C29H42N2O2S. The molecule has 186 valence electrons. The van der Waals surface area contributed by atoms with Gasteiger partial charge < -0.3 is 9.32 Å². The van der Waals surface area contributed by atoms with E-state index in [2.05, 4.69) is 79.9 Å². The first kappa shape index (κ1) is 28.0. The molecule has 0 spiro atoms. The molecule has 3 rings (SSSR count). The fourth-order valence-electron chi connectivity index (χ4n) is 3.77. The Kier molecular flexibility index (Phi) is 9.04. The standard InChI is InChI=1S/C26H36N2O2S.C3H6/c1-10-28(11-2)18-13-12-17-14-19(24(29)30-20(17)15-18)23-27-21(16(3)25(4,5)6)22(31-23)26(7,8)9;1-3-2/h12-15,22H,10-11H2,1-9H3;3H,1H2,2H3/b21-16-;. The van der Waals surface area contributed by atoms with Gasteiger partial charge in [0.2, 0.25) is 0 Å². The molecule has 1 aliphatic heterocycles. The number of rotatable bonds is 4. The summed E-state index contributed by atoms with van der Waals surface area (Å²) < 4.78 is 5.78. The summed E-state index contributed by atoms with van der Waals surface area (Å²) in [4.78, 5) is 20.2. The van der Waals surface area contributed by atoms with Crippen molar-refractivity contribution < 1.29 is 4.42 Å². The highest BCUT2D eigenvalue weighted by molar-refractivity contribution is 8.15. The number of aliphatic imine (C=N–C) groups is 1. The van der Waals surface area contributed by atoms with Crippen LogP contribution in [0.1, 0.15) is 74.8 Å². The van der Waals surface area contributed by atoms with Crippen molar-refractivity contribution in [1.29, 1.82) is 0 Å². The Bertz CT molecular complexity index is 1140. The third-order valence-corrected chi connectivity index (χ3v) is 7.77. The number of allylic oxidation sites excluding steroid dienone is 2. The lowest BCUT2D eigenvalue weighted by molar-refractivity contribution is 0.412. The predicted molar refractivity (Wildman–Crippen MR) is 151 cm³/mol. The SMILES string of the molecule is C=CC.CCN(CC)c1ccc2cc(C3=N/C(=C(/C)C(C)(C)C)C(C(C)(C)C)S3)c(=O)oc2c1. The second-order valence-corrected chi connectivity index (χ2v) is 11.9. The van der Waals surface area contributed by atoms with Gasteiger partial charge in [0.1, 0.15) is 10.6 Å². The van der Waals surface area contributed by atoms with E-state index in [9.17, 15) is 4.79 Å². The molecule has 1 aromatic carbocycles. The minimum absolute atomic E-state index is 0.0211. The van der Waals surface area contributed by atoms with Crippen LogP contribution in [0.25, 0.3) is 11.0 Å². The van der Waals surface area contributed by atoms with Gasteiger partial charge in [0.05, 0.1) is 16.5 Å². The van der Waals surface area contributed by atoms with Crippen LogP contribution < -0.4 is 10.5 Å². The summed E-state index contributed by atoms with van der Waals surface area (Å²) in [7, 11) is 0. The molecule has 2 aromatic rings. The molecule has 0 bridgehead atoms. The van der Waals surface area contributed by atoms with E-state index in [1.165, 1.54) is 5.57 Å². The number of fused-ring (bicyclic) bond motifs is 1. The van der Waals surface area contributed by atoms with E-state index in [-0.39, 0.29) is 21.7 Å². The molecule has 1 aromatic heterocycles. The zero-order valence-electron chi connectivity index (χ0n) is 22.7. The molecule has 2 heterocycles. The van der Waals surface area contributed by atoms with Gasteiger partial charge in [-0.2, -0.15) is 0 Å². The fourth-order valence-corrected chi connectivity index (χ4v) is 5.11. The third-order valence-electron chi connectivity index (χ3n) is 6.07. The highest BCUT2D eigenvalue weighted by Gasteiger charge is 2.38. The van der Waals surface area contributed by atoms with Crippen molar-refractivity contribution in [1.82, 2.24) is 0 Å². The average molecular weight is 483 g/mol. The van der Waals surface area contributed by atoms with Gasteiger partial charge in [-0.1, -0.05) is 59.4 Å². The largest absolute Gasteiger partial charge is 0.422 e. The maximum absolute atomic E-state index is 13.0. The van der Waals surface area contributed by atoms with Crippen LogP contribution in [-0.2, 0) is 0 Å². The van der Waals surface area contributed by atoms with Gasteiger partial charge in [0, 0.05) is 30.2 Å². The maximum atomic E-state index is 13.0. The first-order chi connectivity index (χ1) is 15.8. The number of thioether (sulfide) groups is 1. The highest BCUT2D eigenvalue weighted by Crippen LogP contribution is 2.46. The number of hydrogen-bond acceptors (Lipinski definition) is 5. The maximum Gasteiger partial charge on any atom is 0.346 e. The van der Waals surface area contributed by atoms with Crippen LogP contribution in [0, 0.1) is 10.8 Å². The van der Waals surface area contributed by atoms with Crippen molar-refractivity contribution in [2.24, 2.45) is 15.8 Å². The van der Waals surface area contributed by atoms with Gasteiger partial charge >= 0.3 is 5.63 Å². The number of anilines is 1. The summed E-state index contributed by atoms with van der Waals surface area (Å²) in [5.74, 6) is 0. The summed E-state index contributed by atoms with van der Waals surface area (Å²) in [5.41, 5.74) is 4.33. The molecule has 0 saturated heterocycles. The molecule has 0 amide bonds. The van der Waals surface area contributed by atoms with Crippen molar-refractivity contribution in [3.8, 4) is 0 Å². The quantitative estimate of drug-likeness (QED) is 0.326. The number of nitrogens with zero attached hydrogens (tertiary/aromatic N) is 2. The van der Waals surface area contributed by atoms with Crippen LogP contribution in [0.2, 0.25) is 0 Å². The molecule has 1 unspecified atom stereocenters. The Hall–Kier alpha value is -2.27. The molecule has 34 heavy (non-hydrogen) atoms. The third kappa shape index (κ3) is 6.24. The summed E-state index contributed by atoms with van der Waals surface area (Å²) in [6.45, 7) is 26.8. The monoisotopic (exact) mass is 482 g/mol. The molecule has 0 fully saturated rings. The van der Waals surface area contributed by atoms with E-state index < -0.39 is 0 Å². The van der Waals surface area contributed by atoms with Crippen molar-refractivity contribution >= 4 is 33.5 Å². The van der Waals surface area contributed by atoms with Crippen molar-refractivity contribution in [3.05, 3.63) is 64.2 Å². The second kappa shape index (κ2) is 11.0. The van der Waals surface area contributed by atoms with Crippen molar-refractivity contribution in [2.75, 3.05) is 18.0 Å². The first-order valence-electron chi connectivity index (χ1n) is 12.1. The van der Waals surface area contributed by atoms with Crippen molar-refractivity contribution in [2.45, 2.75) is 74.5 Å². The van der Waals surface area contributed by atoms with Gasteiger partial charge in [0.25, 0.3) is 0 Å².